The van der Waals surface area contributed by atoms with E-state index in [4.69, 9.17) is 16.7 Å². The van der Waals surface area contributed by atoms with Gasteiger partial charge in [-0.2, -0.15) is 0 Å². The molecule has 1 N–H and O–H groups in total. The fourth-order valence-corrected chi connectivity index (χ4v) is 1.97. The molecular weight excluding hydrogens is 254 g/mol. The first kappa shape index (κ1) is 12.4. The van der Waals surface area contributed by atoms with E-state index < -0.39 is 11.5 Å². The van der Waals surface area contributed by atoms with Crippen LogP contribution in [0.1, 0.15) is 10.4 Å². The number of allylic oxidation sites excluding steroid dienone is 1. The summed E-state index contributed by atoms with van der Waals surface area (Å²) in [6, 6.07) is 7.90. The maximum Gasteiger partial charge on any atom is 0.336 e. The van der Waals surface area contributed by atoms with Crippen molar-refractivity contribution in [2.75, 3.05) is 0 Å². The van der Waals surface area contributed by atoms with Crippen molar-refractivity contribution in [1.29, 1.82) is 0 Å². The van der Waals surface area contributed by atoms with Gasteiger partial charge in [0.1, 0.15) is 0 Å². The van der Waals surface area contributed by atoms with Crippen molar-refractivity contribution in [3.05, 3.63) is 57.9 Å². The van der Waals surface area contributed by atoms with Gasteiger partial charge in [0.2, 0.25) is 0 Å². The molecule has 2 rings (SSSR count). The molecule has 0 aliphatic carbocycles. The predicted octanol–water partition coefficient (Wildman–Crippen LogP) is 2.45. The minimum atomic E-state index is -1.12. The summed E-state index contributed by atoms with van der Waals surface area (Å²) in [5, 5.41) is 9.90. The molecule has 0 aliphatic heterocycles. The van der Waals surface area contributed by atoms with Crippen LogP contribution in [-0.2, 0) is 6.54 Å². The predicted molar refractivity (Wildman–Crippen MR) is 70.2 cm³/mol. The number of carboxylic acids is 1. The minimum absolute atomic E-state index is 0.00738. The average molecular weight is 264 g/mol. The van der Waals surface area contributed by atoms with Gasteiger partial charge in [-0.25, -0.2) is 4.79 Å². The summed E-state index contributed by atoms with van der Waals surface area (Å²) >= 11 is 5.72. The molecule has 0 unspecified atom stereocenters. The van der Waals surface area contributed by atoms with Crippen molar-refractivity contribution in [3.8, 4) is 0 Å². The maximum absolute atomic E-state index is 11.9. The Bertz CT molecular complexity index is 703. The number of para-hydroxylation sites is 1. The Morgan fingerprint density at radius 2 is 2.06 bits per heavy atom. The quantitative estimate of drug-likeness (QED) is 0.925. The second kappa shape index (κ2) is 4.66. The Labute approximate surface area is 108 Å². The molecule has 4 nitrogen and oxygen atoms in total. The highest BCUT2D eigenvalue weighted by atomic mass is 35.5. The summed E-state index contributed by atoms with van der Waals surface area (Å²) in [5.41, 5.74) is 0.115. The number of hydrogen-bond acceptors (Lipinski definition) is 2. The van der Waals surface area contributed by atoms with Gasteiger partial charge in [-0.1, -0.05) is 36.4 Å². The number of pyridine rings is 1. The third-order valence-electron chi connectivity index (χ3n) is 2.58. The van der Waals surface area contributed by atoms with Gasteiger partial charge in [-0.3, -0.25) is 4.79 Å². The monoisotopic (exact) mass is 263 g/mol. The number of aromatic nitrogens is 1. The molecule has 1 aromatic heterocycles. The highest BCUT2D eigenvalue weighted by Gasteiger charge is 2.13. The minimum Gasteiger partial charge on any atom is -0.478 e. The van der Waals surface area contributed by atoms with Crippen LogP contribution in [0.15, 0.2) is 46.7 Å². The van der Waals surface area contributed by atoms with E-state index >= 15 is 0 Å². The van der Waals surface area contributed by atoms with Gasteiger partial charge in [0.25, 0.3) is 5.56 Å². The molecule has 0 saturated carbocycles. The lowest BCUT2D eigenvalue weighted by Gasteiger charge is -2.10. The third kappa shape index (κ3) is 2.15. The molecule has 0 bridgehead atoms. The summed E-state index contributed by atoms with van der Waals surface area (Å²) in [7, 11) is 0. The summed E-state index contributed by atoms with van der Waals surface area (Å²) < 4.78 is 1.40. The standard InChI is InChI=1S/C13H10ClNO3/c1-8(14)7-15-11-5-3-2-4-9(11)10(13(17)18)6-12(15)16/h2-6H,1,7H2,(H,17,18). The zero-order chi connectivity index (χ0) is 13.3. The van der Waals surface area contributed by atoms with Crippen molar-refractivity contribution in [1.82, 2.24) is 4.57 Å². The van der Waals surface area contributed by atoms with E-state index in [1.54, 1.807) is 24.3 Å². The summed E-state index contributed by atoms with van der Waals surface area (Å²) in [4.78, 5) is 23.0. The molecule has 0 amide bonds. The summed E-state index contributed by atoms with van der Waals surface area (Å²) in [5.74, 6) is -1.12. The van der Waals surface area contributed by atoms with Crippen molar-refractivity contribution in [3.63, 3.8) is 0 Å². The molecule has 18 heavy (non-hydrogen) atoms. The maximum atomic E-state index is 11.9. The van der Waals surface area contributed by atoms with Crippen molar-refractivity contribution in [2.24, 2.45) is 0 Å². The molecule has 1 aromatic carbocycles. The molecule has 92 valence electrons. The Morgan fingerprint density at radius 1 is 1.39 bits per heavy atom. The van der Waals surface area contributed by atoms with E-state index in [0.717, 1.165) is 6.07 Å². The second-order valence-corrected chi connectivity index (χ2v) is 4.36. The van der Waals surface area contributed by atoms with Crippen LogP contribution in [0.4, 0.5) is 0 Å². The Hall–Kier alpha value is -2.07. The number of rotatable bonds is 3. The van der Waals surface area contributed by atoms with Gasteiger partial charge >= 0.3 is 5.97 Å². The van der Waals surface area contributed by atoms with Crippen LogP contribution in [0.25, 0.3) is 10.9 Å². The molecule has 0 spiro atoms. The van der Waals surface area contributed by atoms with Crippen LogP contribution >= 0.6 is 11.6 Å². The first-order chi connectivity index (χ1) is 8.50. The number of aromatic carboxylic acids is 1. The number of carboxylic acid groups (broad SMARTS) is 1. The molecule has 0 radical (unpaired) electrons. The molecule has 1 heterocycles. The van der Waals surface area contributed by atoms with Gasteiger partial charge in [-0.05, 0) is 6.07 Å². The average Bonchev–Trinajstić information content (AvgIpc) is 2.31. The molecule has 0 fully saturated rings. The van der Waals surface area contributed by atoms with Gasteiger partial charge in [-0.15, -0.1) is 0 Å². The van der Waals surface area contributed by atoms with E-state index in [1.165, 1.54) is 4.57 Å². The van der Waals surface area contributed by atoms with Gasteiger partial charge in [0, 0.05) is 16.5 Å². The largest absolute Gasteiger partial charge is 0.478 e. The lowest BCUT2D eigenvalue weighted by molar-refractivity contribution is 0.0699. The SMILES string of the molecule is C=C(Cl)Cn1c(=O)cc(C(=O)O)c2ccccc21. The van der Waals surface area contributed by atoms with E-state index in [-0.39, 0.29) is 12.1 Å². The number of carbonyl (C=O) groups is 1. The zero-order valence-corrected chi connectivity index (χ0v) is 10.1. The fraction of sp³-hybridized carbons (Fsp3) is 0.0769. The second-order valence-electron chi connectivity index (χ2n) is 3.82. The van der Waals surface area contributed by atoms with E-state index in [9.17, 15) is 9.59 Å². The van der Waals surface area contributed by atoms with E-state index in [1.807, 2.05) is 0 Å². The normalized spacial score (nSPS) is 10.5. The van der Waals surface area contributed by atoms with Gasteiger partial charge in [0.15, 0.2) is 0 Å². The van der Waals surface area contributed by atoms with Gasteiger partial charge in [0.05, 0.1) is 17.6 Å². The Balaban J connectivity index is 2.85. The lowest BCUT2D eigenvalue weighted by atomic mass is 10.1. The number of benzene rings is 1. The molecule has 5 heteroatoms. The van der Waals surface area contributed by atoms with Crippen LogP contribution in [0, 0.1) is 0 Å². The number of hydrogen-bond donors (Lipinski definition) is 1. The van der Waals surface area contributed by atoms with Crippen LogP contribution in [-0.4, -0.2) is 15.6 Å². The van der Waals surface area contributed by atoms with Crippen LogP contribution in [0.3, 0.4) is 0 Å². The van der Waals surface area contributed by atoms with Crippen LogP contribution in [0.5, 0.6) is 0 Å². The molecule has 0 saturated heterocycles. The smallest absolute Gasteiger partial charge is 0.336 e. The topological polar surface area (TPSA) is 59.3 Å². The van der Waals surface area contributed by atoms with Crippen molar-refractivity contribution >= 4 is 28.5 Å². The molecular formula is C13H10ClNO3. The first-order valence-electron chi connectivity index (χ1n) is 5.20. The Kier molecular flexibility index (Phi) is 3.21. The molecule has 0 aliphatic rings. The zero-order valence-electron chi connectivity index (χ0n) is 9.39. The highest BCUT2D eigenvalue weighted by molar-refractivity contribution is 6.29. The summed E-state index contributed by atoms with van der Waals surface area (Å²) in [6.45, 7) is 3.70. The molecule has 2 aromatic rings. The lowest BCUT2D eigenvalue weighted by Crippen LogP contribution is -2.22. The van der Waals surface area contributed by atoms with Crippen LogP contribution in [0.2, 0.25) is 0 Å². The summed E-state index contributed by atoms with van der Waals surface area (Å²) in [6.07, 6.45) is 0. The fourth-order valence-electron chi connectivity index (χ4n) is 1.85. The number of nitrogens with zero attached hydrogens (tertiary/aromatic N) is 1. The third-order valence-corrected chi connectivity index (χ3v) is 2.70. The number of halogens is 1. The molecule has 0 atom stereocenters. The van der Waals surface area contributed by atoms with Crippen LogP contribution < -0.4 is 5.56 Å². The van der Waals surface area contributed by atoms with Crippen molar-refractivity contribution in [2.45, 2.75) is 6.54 Å². The first-order valence-corrected chi connectivity index (χ1v) is 5.57. The Morgan fingerprint density at radius 3 is 2.67 bits per heavy atom. The van der Waals surface area contributed by atoms with Crippen molar-refractivity contribution < 1.29 is 9.90 Å². The highest BCUT2D eigenvalue weighted by Crippen LogP contribution is 2.18. The van der Waals surface area contributed by atoms with Gasteiger partial charge < -0.3 is 9.67 Å². The van der Waals surface area contributed by atoms with E-state index in [2.05, 4.69) is 6.58 Å². The number of fused-ring (bicyclic) bond motifs is 1. The van der Waals surface area contributed by atoms with E-state index in [0.29, 0.717) is 15.9 Å².